The van der Waals surface area contributed by atoms with Gasteiger partial charge in [-0.3, -0.25) is 0 Å². The van der Waals surface area contributed by atoms with Crippen LogP contribution in [-0.2, 0) is 10.8 Å². The van der Waals surface area contributed by atoms with Crippen LogP contribution in [0.25, 0.3) is 44.2 Å². The van der Waals surface area contributed by atoms with E-state index in [9.17, 15) is 0 Å². The minimum Gasteiger partial charge on any atom is -0.456 e. The summed E-state index contributed by atoms with van der Waals surface area (Å²) in [6, 6.07) is 50.1. The summed E-state index contributed by atoms with van der Waals surface area (Å²) in [5, 5.41) is 2.29. The number of hydrogen-bond donors (Lipinski definition) is 0. The summed E-state index contributed by atoms with van der Waals surface area (Å²) >= 11 is 0. The van der Waals surface area contributed by atoms with Crippen LogP contribution in [0.3, 0.4) is 0 Å². The third-order valence-electron chi connectivity index (χ3n) is 10.5. The van der Waals surface area contributed by atoms with E-state index in [0.29, 0.717) is 0 Å². The Morgan fingerprint density at radius 3 is 1.94 bits per heavy atom. The Labute approximate surface area is 281 Å². The molecule has 0 amide bonds. The highest BCUT2D eigenvalue weighted by Crippen LogP contribution is 2.58. The first-order chi connectivity index (χ1) is 23.4. The average molecular weight is 618 g/mol. The third-order valence-corrected chi connectivity index (χ3v) is 10.5. The Hall–Kier alpha value is -5.82. The summed E-state index contributed by atoms with van der Waals surface area (Å²) in [5.74, 6) is 0. The molecule has 1 unspecified atom stereocenters. The van der Waals surface area contributed by atoms with Crippen LogP contribution in [0.4, 0.5) is 17.1 Å². The molecule has 1 heterocycles. The van der Waals surface area contributed by atoms with Gasteiger partial charge in [-0.1, -0.05) is 111 Å². The highest BCUT2D eigenvalue weighted by molar-refractivity contribution is 6.06. The van der Waals surface area contributed by atoms with Gasteiger partial charge in [-0.25, -0.2) is 0 Å². The van der Waals surface area contributed by atoms with E-state index in [-0.39, 0.29) is 10.8 Å². The van der Waals surface area contributed by atoms with Crippen molar-refractivity contribution in [2.24, 2.45) is 0 Å². The molecule has 2 nitrogen and oxygen atoms in total. The maximum atomic E-state index is 6.11. The summed E-state index contributed by atoms with van der Waals surface area (Å²) in [4.78, 5) is 2.43. The molecule has 0 radical (unpaired) electrons. The summed E-state index contributed by atoms with van der Waals surface area (Å²) in [6.07, 6.45) is 6.58. The van der Waals surface area contributed by atoms with Gasteiger partial charge in [0.05, 0.1) is 5.69 Å². The maximum Gasteiger partial charge on any atom is 0.135 e. The first-order valence-electron chi connectivity index (χ1n) is 16.7. The van der Waals surface area contributed by atoms with Crippen molar-refractivity contribution in [1.29, 1.82) is 0 Å². The fraction of sp³-hybridized carbons (Fsp3) is 0.109. The first kappa shape index (κ1) is 28.4. The fourth-order valence-corrected chi connectivity index (χ4v) is 8.20. The number of fused-ring (bicyclic) bond motifs is 6. The van der Waals surface area contributed by atoms with E-state index in [1.54, 1.807) is 0 Å². The maximum absolute atomic E-state index is 6.11. The van der Waals surface area contributed by atoms with E-state index in [1.807, 2.05) is 12.1 Å². The molecule has 7 aromatic rings. The average Bonchev–Trinajstić information content (AvgIpc) is 3.59. The topological polar surface area (TPSA) is 16.4 Å². The number of hydrogen-bond acceptors (Lipinski definition) is 2. The van der Waals surface area contributed by atoms with Crippen LogP contribution in [0, 0.1) is 0 Å². The van der Waals surface area contributed by atoms with Gasteiger partial charge in [-0.2, -0.15) is 0 Å². The lowest BCUT2D eigenvalue weighted by Gasteiger charge is -2.33. The number of furan rings is 1. The lowest BCUT2D eigenvalue weighted by Crippen LogP contribution is -2.25. The number of nitrogens with zero attached hydrogens (tertiary/aromatic N) is 1. The number of anilines is 3. The molecule has 0 bridgehead atoms. The van der Waals surface area contributed by atoms with E-state index < -0.39 is 0 Å². The van der Waals surface area contributed by atoms with Crippen molar-refractivity contribution in [3.63, 3.8) is 0 Å². The first-order valence-corrected chi connectivity index (χ1v) is 16.7. The van der Waals surface area contributed by atoms with Gasteiger partial charge in [0.1, 0.15) is 11.2 Å². The van der Waals surface area contributed by atoms with E-state index in [1.165, 1.54) is 44.6 Å². The van der Waals surface area contributed by atoms with Crippen molar-refractivity contribution in [2.75, 3.05) is 4.90 Å². The van der Waals surface area contributed by atoms with Gasteiger partial charge in [0.15, 0.2) is 0 Å². The van der Waals surface area contributed by atoms with Gasteiger partial charge in [-0.05, 0) is 107 Å². The van der Waals surface area contributed by atoms with Crippen LogP contribution in [0.1, 0.15) is 31.9 Å². The van der Waals surface area contributed by atoms with Gasteiger partial charge < -0.3 is 9.32 Å². The van der Waals surface area contributed by atoms with E-state index in [2.05, 4.69) is 177 Å². The van der Waals surface area contributed by atoms with E-state index in [0.717, 1.165) is 33.3 Å². The number of rotatable bonds is 5. The molecule has 0 saturated heterocycles. The quantitative estimate of drug-likeness (QED) is 0.179. The van der Waals surface area contributed by atoms with Gasteiger partial charge in [0.25, 0.3) is 0 Å². The van der Waals surface area contributed by atoms with Gasteiger partial charge >= 0.3 is 0 Å². The van der Waals surface area contributed by atoms with Crippen molar-refractivity contribution in [1.82, 2.24) is 0 Å². The second kappa shape index (κ2) is 10.6. The van der Waals surface area contributed by atoms with Crippen LogP contribution >= 0.6 is 0 Å². The molecule has 48 heavy (non-hydrogen) atoms. The van der Waals surface area contributed by atoms with Crippen molar-refractivity contribution >= 4 is 39.0 Å². The van der Waals surface area contributed by atoms with Gasteiger partial charge in [-0.15, -0.1) is 5.73 Å². The predicted molar refractivity (Wildman–Crippen MR) is 200 cm³/mol. The fourth-order valence-electron chi connectivity index (χ4n) is 8.20. The van der Waals surface area contributed by atoms with Crippen LogP contribution in [-0.4, -0.2) is 0 Å². The minimum absolute atomic E-state index is 0.166. The van der Waals surface area contributed by atoms with E-state index in [4.69, 9.17) is 4.42 Å². The largest absolute Gasteiger partial charge is 0.456 e. The van der Waals surface area contributed by atoms with Crippen LogP contribution in [0.15, 0.2) is 173 Å². The molecule has 1 aromatic heterocycles. The lowest BCUT2D eigenvalue weighted by atomic mass is 9.73. The highest BCUT2D eigenvalue weighted by Gasteiger charge is 2.50. The standard InChI is InChI=1S/C46H35NO/c1-45(2)43-18-9-10-29-46(43,3)39-15-11-16-40(44(39)45)47(35-24-19-32(20-25-35)31-12-5-4-6-13-31)36-26-21-33(22-27-36)34-23-28-42-38(30-34)37-14-7-8-17-41(37)48-42/h4-9,11-30H,1-3H3. The molecule has 1 atom stereocenters. The van der Waals surface area contributed by atoms with Gasteiger partial charge in [0, 0.05) is 33.0 Å². The second-order valence-electron chi connectivity index (χ2n) is 13.7. The van der Waals surface area contributed by atoms with Gasteiger partial charge in [0.2, 0.25) is 0 Å². The van der Waals surface area contributed by atoms with Crippen LogP contribution < -0.4 is 4.90 Å². The van der Waals surface area contributed by atoms with E-state index >= 15 is 0 Å². The summed E-state index contributed by atoms with van der Waals surface area (Å²) in [5.41, 5.74) is 17.2. The third kappa shape index (κ3) is 4.27. The van der Waals surface area contributed by atoms with Crippen LogP contribution in [0.2, 0.25) is 0 Å². The zero-order valence-electron chi connectivity index (χ0n) is 27.4. The Morgan fingerprint density at radius 1 is 0.562 bits per heavy atom. The number of benzene rings is 6. The Morgan fingerprint density at radius 2 is 1.19 bits per heavy atom. The molecule has 0 aliphatic heterocycles. The zero-order chi connectivity index (χ0) is 32.5. The van der Waals surface area contributed by atoms with Crippen LogP contribution in [0.5, 0.6) is 0 Å². The number of para-hydroxylation sites is 1. The minimum atomic E-state index is -0.188. The molecule has 2 aliphatic rings. The van der Waals surface area contributed by atoms with Crippen molar-refractivity contribution in [2.45, 2.75) is 31.6 Å². The van der Waals surface area contributed by atoms with Crippen molar-refractivity contribution in [3.05, 3.63) is 180 Å². The SMILES string of the molecule is CC1(C)C2=CC=C=CC2(C)c2cccc(N(c3ccc(-c4ccccc4)cc3)c3ccc(-c4ccc5oc6ccccc6c5c4)cc3)c21. The molecule has 2 aliphatic carbocycles. The zero-order valence-corrected chi connectivity index (χ0v) is 27.4. The number of allylic oxidation sites excluding steroid dienone is 3. The Balaban J connectivity index is 1.19. The highest BCUT2D eigenvalue weighted by atomic mass is 16.3. The molecule has 0 spiro atoms. The molecule has 0 fully saturated rings. The summed E-state index contributed by atoms with van der Waals surface area (Å²) in [6.45, 7) is 7.08. The van der Waals surface area contributed by atoms with Crippen molar-refractivity contribution in [3.8, 4) is 22.3 Å². The molecular formula is C46H35NO. The molecular weight excluding hydrogens is 583 g/mol. The smallest absolute Gasteiger partial charge is 0.135 e. The Kier molecular flexibility index (Phi) is 6.28. The molecule has 0 N–H and O–H groups in total. The second-order valence-corrected chi connectivity index (χ2v) is 13.7. The molecule has 9 rings (SSSR count). The monoisotopic (exact) mass is 617 g/mol. The lowest BCUT2D eigenvalue weighted by molar-refractivity contribution is 0.582. The molecule has 230 valence electrons. The van der Waals surface area contributed by atoms with Crippen molar-refractivity contribution < 1.29 is 4.42 Å². The summed E-state index contributed by atoms with van der Waals surface area (Å²) in [7, 11) is 0. The summed E-state index contributed by atoms with van der Waals surface area (Å²) < 4.78 is 6.11. The predicted octanol–water partition coefficient (Wildman–Crippen LogP) is 12.6. The molecule has 2 heteroatoms. The molecule has 6 aromatic carbocycles. The molecule has 0 saturated carbocycles. The normalized spacial score (nSPS) is 17.4. The Bertz CT molecular complexity index is 2450.